The third-order valence-electron chi connectivity index (χ3n) is 2.56. The zero-order valence-corrected chi connectivity index (χ0v) is 12.0. The lowest BCUT2D eigenvalue weighted by atomic mass is 10.3. The van der Waals surface area contributed by atoms with Crippen LogP contribution in [0, 0.1) is 0 Å². The van der Waals surface area contributed by atoms with Crippen molar-refractivity contribution in [1.29, 1.82) is 0 Å². The summed E-state index contributed by atoms with van der Waals surface area (Å²) in [4.78, 5) is 11.2. The van der Waals surface area contributed by atoms with E-state index >= 15 is 0 Å². The van der Waals surface area contributed by atoms with Gasteiger partial charge in [0.15, 0.2) is 0 Å². The van der Waals surface area contributed by atoms with Crippen molar-refractivity contribution in [3.8, 4) is 5.75 Å². The number of ether oxygens (including phenoxy) is 2. The van der Waals surface area contributed by atoms with Gasteiger partial charge in [0, 0.05) is 12.2 Å². The van der Waals surface area contributed by atoms with Gasteiger partial charge in [-0.25, -0.2) is 4.79 Å². The molecule has 0 amide bonds. The normalized spacial score (nSPS) is 17.9. The Kier molecular flexibility index (Phi) is 5.47. The zero-order chi connectivity index (χ0) is 13.5. The molecule has 2 rings (SSSR count). The van der Waals surface area contributed by atoms with Crippen LogP contribution in [0.4, 0.5) is 0 Å². The molecule has 0 unspecified atom stereocenters. The van der Waals surface area contributed by atoms with Crippen LogP contribution in [0.1, 0.15) is 6.42 Å². The number of hydrogen-bond donors (Lipinski definition) is 1. The summed E-state index contributed by atoms with van der Waals surface area (Å²) in [5.74, 6) is 1.37. The van der Waals surface area contributed by atoms with Crippen molar-refractivity contribution in [2.75, 3.05) is 19.0 Å². The largest absolute Gasteiger partial charge is 0.493 e. The van der Waals surface area contributed by atoms with E-state index in [1.54, 1.807) is 0 Å². The van der Waals surface area contributed by atoms with Gasteiger partial charge in [-0.2, -0.15) is 0 Å². The van der Waals surface area contributed by atoms with E-state index in [1.807, 2.05) is 30.3 Å². The van der Waals surface area contributed by atoms with Gasteiger partial charge in [0.05, 0.1) is 13.2 Å². The predicted octanol–water partition coefficient (Wildman–Crippen LogP) is 1.99. The number of carbonyl (C=O) groups is 1. The lowest BCUT2D eigenvalue weighted by Crippen LogP contribution is -2.35. The summed E-state index contributed by atoms with van der Waals surface area (Å²) in [6, 6.07) is 9.35. The molecule has 4 nitrogen and oxygen atoms in total. The number of rotatable bonds is 5. The summed E-state index contributed by atoms with van der Waals surface area (Å²) in [6.07, 6.45) is 0.681. The van der Waals surface area contributed by atoms with Crippen LogP contribution in [-0.2, 0) is 9.53 Å². The minimum Gasteiger partial charge on any atom is -0.493 e. The Morgan fingerprint density at radius 2 is 2.26 bits per heavy atom. The molecule has 0 saturated carbocycles. The van der Waals surface area contributed by atoms with Crippen molar-refractivity contribution < 1.29 is 14.3 Å². The second kappa shape index (κ2) is 7.35. The van der Waals surface area contributed by atoms with Crippen molar-refractivity contribution in [2.45, 2.75) is 12.5 Å². The SMILES string of the molecule is O=C1OCC[C@@H]1NC(=S)SCCOc1ccccc1. The third kappa shape index (κ3) is 4.72. The van der Waals surface area contributed by atoms with Crippen LogP contribution in [0.25, 0.3) is 0 Å². The van der Waals surface area contributed by atoms with Crippen LogP contribution in [0.5, 0.6) is 5.75 Å². The molecule has 1 heterocycles. The molecule has 0 aliphatic carbocycles. The molecular weight excluding hydrogens is 282 g/mol. The monoisotopic (exact) mass is 297 g/mol. The van der Waals surface area contributed by atoms with Gasteiger partial charge < -0.3 is 14.8 Å². The van der Waals surface area contributed by atoms with Gasteiger partial charge in [-0.3, -0.25) is 0 Å². The van der Waals surface area contributed by atoms with E-state index < -0.39 is 0 Å². The maximum absolute atomic E-state index is 11.2. The van der Waals surface area contributed by atoms with E-state index in [-0.39, 0.29) is 12.0 Å². The Balaban J connectivity index is 1.60. The van der Waals surface area contributed by atoms with Gasteiger partial charge in [0.25, 0.3) is 0 Å². The standard InChI is InChI=1S/C13H15NO3S2/c15-12-11(6-7-17-12)14-13(18)19-9-8-16-10-4-2-1-3-5-10/h1-5,11H,6-9H2,(H,14,18)/t11-/m0/s1. The summed E-state index contributed by atoms with van der Waals surface area (Å²) in [6.45, 7) is 1.05. The van der Waals surface area contributed by atoms with Gasteiger partial charge in [-0.15, -0.1) is 0 Å². The molecule has 0 aromatic heterocycles. The number of benzene rings is 1. The lowest BCUT2D eigenvalue weighted by Gasteiger charge is -2.11. The third-order valence-corrected chi connectivity index (χ3v) is 3.78. The zero-order valence-electron chi connectivity index (χ0n) is 10.3. The summed E-state index contributed by atoms with van der Waals surface area (Å²) in [5, 5.41) is 2.99. The van der Waals surface area contributed by atoms with Gasteiger partial charge in [0.1, 0.15) is 16.1 Å². The molecule has 1 atom stereocenters. The number of thioether (sulfide) groups is 1. The maximum atomic E-state index is 11.2. The first-order chi connectivity index (χ1) is 9.25. The van der Waals surface area contributed by atoms with Crippen LogP contribution in [0.2, 0.25) is 0 Å². The molecule has 1 aliphatic heterocycles. The fraction of sp³-hybridized carbons (Fsp3) is 0.385. The molecule has 1 aromatic rings. The van der Waals surface area contributed by atoms with Crippen molar-refractivity contribution in [2.24, 2.45) is 0 Å². The summed E-state index contributed by atoms with van der Waals surface area (Å²) in [5.41, 5.74) is 0. The summed E-state index contributed by atoms with van der Waals surface area (Å²) < 4.78 is 11.0. The quantitative estimate of drug-likeness (QED) is 0.509. The second-order valence-electron chi connectivity index (χ2n) is 3.95. The van der Waals surface area contributed by atoms with Crippen molar-refractivity contribution in [1.82, 2.24) is 5.32 Å². The van der Waals surface area contributed by atoms with E-state index in [9.17, 15) is 4.79 Å². The minimum absolute atomic E-state index is 0.219. The summed E-state index contributed by atoms with van der Waals surface area (Å²) in [7, 11) is 0. The smallest absolute Gasteiger partial charge is 0.328 e. The molecule has 0 bridgehead atoms. The van der Waals surface area contributed by atoms with Crippen molar-refractivity contribution >= 4 is 34.3 Å². The van der Waals surface area contributed by atoms with Crippen LogP contribution in [-0.4, -0.2) is 35.3 Å². The van der Waals surface area contributed by atoms with Gasteiger partial charge in [-0.1, -0.05) is 42.2 Å². The second-order valence-corrected chi connectivity index (χ2v) is 5.72. The Bertz CT molecular complexity index is 439. The average molecular weight is 297 g/mol. The first-order valence-corrected chi connectivity index (χ1v) is 7.43. The number of nitrogens with one attached hydrogen (secondary N) is 1. The van der Waals surface area contributed by atoms with Crippen LogP contribution in [0.3, 0.4) is 0 Å². The van der Waals surface area contributed by atoms with E-state index in [0.29, 0.717) is 24.0 Å². The van der Waals surface area contributed by atoms with Gasteiger partial charge in [0.2, 0.25) is 0 Å². The van der Waals surface area contributed by atoms with E-state index in [0.717, 1.165) is 11.5 Å². The first-order valence-electron chi connectivity index (χ1n) is 6.03. The molecule has 1 fully saturated rings. The molecule has 0 radical (unpaired) electrons. The molecule has 1 saturated heterocycles. The van der Waals surface area contributed by atoms with E-state index in [1.165, 1.54) is 11.8 Å². The molecule has 6 heteroatoms. The topological polar surface area (TPSA) is 47.6 Å². The highest BCUT2D eigenvalue weighted by molar-refractivity contribution is 8.22. The number of para-hydroxylation sites is 1. The van der Waals surface area contributed by atoms with Crippen molar-refractivity contribution in [3.63, 3.8) is 0 Å². The van der Waals surface area contributed by atoms with Crippen LogP contribution in [0.15, 0.2) is 30.3 Å². The number of thiocarbonyl (C=S) groups is 1. The van der Waals surface area contributed by atoms with Crippen molar-refractivity contribution in [3.05, 3.63) is 30.3 Å². The van der Waals surface area contributed by atoms with Gasteiger partial charge in [-0.05, 0) is 12.1 Å². The molecule has 0 spiro atoms. The molecule has 1 aromatic carbocycles. The molecular formula is C13H15NO3S2. The van der Waals surface area contributed by atoms with Crippen LogP contribution < -0.4 is 10.1 Å². The number of cyclic esters (lactones) is 1. The molecule has 1 N–H and O–H groups in total. The lowest BCUT2D eigenvalue weighted by molar-refractivity contribution is -0.139. The maximum Gasteiger partial charge on any atom is 0.328 e. The molecule has 102 valence electrons. The first kappa shape index (κ1) is 14.1. The Morgan fingerprint density at radius 1 is 1.47 bits per heavy atom. The Morgan fingerprint density at radius 3 is 2.95 bits per heavy atom. The number of hydrogen-bond acceptors (Lipinski definition) is 5. The van der Waals surface area contributed by atoms with Crippen LogP contribution >= 0.6 is 24.0 Å². The molecule has 19 heavy (non-hydrogen) atoms. The van der Waals surface area contributed by atoms with E-state index in [2.05, 4.69) is 5.32 Å². The highest BCUT2D eigenvalue weighted by Crippen LogP contribution is 2.11. The summed E-state index contributed by atoms with van der Waals surface area (Å²) >= 11 is 6.63. The average Bonchev–Trinajstić information content (AvgIpc) is 2.82. The van der Waals surface area contributed by atoms with Gasteiger partial charge >= 0.3 is 5.97 Å². The highest BCUT2D eigenvalue weighted by Gasteiger charge is 2.26. The minimum atomic E-state index is -0.282. The Labute approximate surface area is 121 Å². The fourth-order valence-electron chi connectivity index (χ4n) is 1.62. The number of carbonyl (C=O) groups excluding carboxylic acids is 1. The van der Waals surface area contributed by atoms with E-state index in [4.69, 9.17) is 21.7 Å². The fourth-order valence-corrected chi connectivity index (χ4v) is 2.59. The number of esters is 1. The Hall–Kier alpha value is -1.27. The predicted molar refractivity (Wildman–Crippen MR) is 79.5 cm³/mol. The molecule has 1 aliphatic rings. The highest BCUT2D eigenvalue weighted by atomic mass is 32.2.